The Labute approximate surface area is 139 Å². The Hall–Kier alpha value is -2.53. The van der Waals surface area contributed by atoms with Crippen LogP contribution in [0.15, 0.2) is 53.6 Å². The number of benzene rings is 2. The van der Waals surface area contributed by atoms with E-state index in [1.807, 2.05) is 48.5 Å². The zero-order chi connectivity index (χ0) is 16.5. The largest absolute Gasteiger partial charge is 0.488 e. The molecule has 0 saturated heterocycles. The summed E-state index contributed by atoms with van der Waals surface area (Å²) in [6.45, 7) is 2.36. The zero-order valence-electron chi connectivity index (χ0n) is 12.7. The number of carbonyl (C=O) groups is 1. The predicted octanol–water partition coefficient (Wildman–Crippen LogP) is 4.00. The number of rotatable bonds is 6. The van der Waals surface area contributed by atoms with Gasteiger partial charge in [-0.3, -0.25) is 0 Å². The highest BCUT2D eigenvalue weighted by molar-refractivity contribution is 6.31. The van der Waals surface area contributed by atoms with Crippen LogP contribution < -0.4 is 10.2 Å². The van der Waals surface area contributed by atoms with Crippen molar-refractivity contribution >= 4 is 23.9 Å². The van der Waals surface area contributed by atoms with E-state index in [-0.39, 0.29) is 0 Å². The normalized spacial score (nSPS) is 10.5. The molecule has 0 aliphatic carbocycles. The van der Waals surface area contributed by atoms with Crippen molar-refractivity contribution < 1.29 is 14.3 Å². The molecule has 6 heteroatoms. The molecule has 0 heterocycles. The van der Waals surface area contributed by atoms with Crippen LogP contribution in [0.2, 0.25) is 5.02 Å². The fraction of sp³-hybridized carbons (Fsp3) is 0.176. The van der Waals surface area contributed by atoms with Crippen molar-refractivity contribution in [3.63, 3.8) is 0 Å². The second-order valence-electron chi connectivity index (χ2n) is 4.51. The molecule has 0 atom stereocenters. The van der Waals surface area contributed by atoms with Gasteiger partial charge in [-0.1, -0.05) is 41.9 Å². The maximum absolute atomic E-state index is 11.2. The molecule has 23 heavy (non-hydrogen) atoms. The van der Waals surface area contributed by atoms with E-state index < -0.39 is 6.09 Å². The van der Waals surface area contributed by atoms with Gasteiger partial charge in [0.2, 0.25) is 0 Å². The summed E-state index contributed by atoms with van der Waals surface area (Å²) in [6, 6.07) is 14.9. The number of amides is 1. The van der Waals surface area contributed by atoms with Crippen LogP contribution >= 0.6 is 11.6 Å². The van der Waals surface area contributed by atoms with Crippen LogP contribution in [0.4, 0.5) is 4.79 Å². The summed E-state index contributed by atoms with van der Waals surface area (Å²) in [7, 11) is 0. The Morgan fingerprint density at radius 3 is 2.74 bits per heavy atom. The molecule has 0 spiro atoms. The lowest BCUT2D eigenvalue weighted by molar-refractivity contribution is 0.152. The molecule has 2 aromatic carbocycles. The number of nitrogens with one attached hydrogen (secondary N) is 1. The van der Waals surface area contributed by atoms with E-state index in [4.69, 9.17) is 21.1 Å². The van der Waals surface area contributed by atoms with Crippen molar-refractivity contribution in [1.29, 1.82) is 0 Å². The topological polar surface area (TPSA) is 59.9 Å². The molecule has 0 unspecified atom stereocenters. The van der Waals surface area contributed by atoms with Gasteiger partial charge in [0.1, 0.15) is 12.4 Å². The maximum atomic E-state index is 11.2. The van der Waals surface area contributed by atoms with Gasteiger partial charge < -0.3 is 9.47 Å². The molecule has 0 aromatic heterocycles. The Bertz CT molecular complexity index is 689. The van der Waals surface area contributed by atoms with E-state index in [1.165, 1.54) is 6.21 Å². The molecule has 0 aliphatic heterocycles. The number of ether oxygens (including phenoxy) is 2. The first-order valence-electron chi connectivity index (χ1n) is 7.11. The molecule has 120 valence electrons. The number of para-hydroxylation sites is 1. The minimum atomic E-state index is -0.599. The van der Waals surface area contributed by atoms with Gasteiger partial charge in [0.25, 0.3) is 0 Å². The molecule has 1 N–H and O–H groups in total. The zero-order valence-corrected chi connectivity index (χ0v) is 13.4. The number of nitrogens with zero attached hydrogens (tertiary/aromatic N) is 1. The molecule has 0 bridgehead atoms. The first-order chi connectivity index (χ1) is 11.2. The lowest BCUT2D eigenvalue weighted by Gasteiger charge is -2.10. The molecule has 0 radical (unpaired) electrons. The third-order valence-electron chi connectivity index (χ3n) is 2.89. The summed E-state index contributed by atoms with van der Waals surface area (Å²) in [6.07, 6.45) is 0.900. The number of carbonyl (C=O) groups excluding carboxylic acids is 1. The van der Waals surface area contributed by atoms with Crippen LogP contribution in [0.3, 0.4) is 0 Å². The molecule has 0 aliphatic rings. The lowest BCUT2D eigenvalue weighted by atomic mass is 10.2. The van der Waals surface area contributed by atoms with Gasteiger partial charge in [-0.05, 0) is 25.1 Å². The fourth-order valence-electron chi connectivity index (χ4n) is 1.81. The van der Waals surface area contributed by atoms with Crippen LogP contribution in [0.1, 0.15) is 18.1 Å². The average molecular weight is 333 g/mol. The minimum absolute atomic E-state index is 0.291. The summed E-state index contributed by atoms with van der Waals surface area (Å²) in [5.41, 5.74) is 3.90. The monoisotopic (exact) mass is 332 g/mol. The molecular weight excluding hydrogens is 316 g/mol. The number of hydrogen-bond donors (Lipinski definition) is 1. The summed E-state index contributed by atoms with van der Waals surface area (Å²) in [4.78, 5) is 11.2. The lowest BCUT2D eigenvalue weighted by Crippen LogP contribution is -2.18. The van der Waals surface area contributed by atoms with Gasteiger partial charge in [0, 0.05) is 16.1 Å². The second kappa shape index (κ2) is 8.80. The van der Waals surface area contributed by atoms with Gasteiger partial charge in [-0.15, -0.1) is 0 Å². The van der Waals surface area contributed by atoms with E-state index in [0.29, 0.717) is 24.0 Å². The van der Waals surface area contributed by atoms with Crippen molar-refractivity contribution in [3.8, 4) is 5.75 Å². The van der Waals surface area contributed by atoms with E-state index in [2.05, 4.69) is 10.5 Å². The van der Waals surface area contributed by atoms with Crippen molar-refractivity contribution in [2.75, 3.05) is 6.61 Å². The second-order valence-corrected chi connectivity index (χ2v) is 4.92. The van der Waals surface area contributed by atoms with Crippen molar-refractivity contribution in [2.45, 2.75) is 13.5 Å². The Kier molecular flexibility index (Phi) is 6.44. The molecule has 0 saturated carbocycles. The molecule has 2 rings (SSSR count). The average Bonchev–Trinajstić information content (AvgIpc) is 2.55. The fourth-order valence-corrected chi connectivity index (χ4v) is 2.00. The minimum Gasteiger partial charge on any atom is -0.488 e. The highest BCUT2D eigenvalue weighted by Crippen LogP contribution is 2.20. The Morgan fingerprint density at radius 2 is 1.96 bits per heavy atom. The summed E-state index contributed by atoms with van der Waals surface area (Å²) in [5.74, 6) is 0.641. The van der Waals surface area contributed by atoms with E-state index in [0.717, 1.165) is 11.1 Å². The predicted molar refractivity (Wildman–Crippen MR) is 90.0 cm³/mol. The van der Waals surface area contributed by atoms with Gasteiger partial charge >= 0.3 is 6.09 Å². The van der Waals surface area contributed by atoms with Gasteiger partial charge in [-0.2, -0.15) is 5.10 Å². The van der Waals surface area contributed by atoms with Crippen LogP contribution in [-0.4, -0.2) is 18.9 Å². The van der Waals surface area contributed by atoms with Crippen molar-refractivity contribution in [2.24, 2.45) is 5.10 Å². The third-order valence-corrected chi connectivity index (χ3v) is 3.26. The summed E-state index contributed by atoms with van der Waals surface area (Å²) in [5, 5.41) is 4.49. The number of hydrogen-bond acceptors (Lipinski definition) is 4. The first-order valence-corrected chi connectivity index (χ1v) is 7.49. The maximum Gasteiger partial charge on any atom is 0.427 e. The molecule has 0 fully saturated rings. The van der Waals surface area contributed by atoms with Gasteiger partial charge in [-0.25, -0.2) is 10.2 Å². The third kappa shape index (κ3) is 5.30. The van der Waals surface area contributed by atoms with E-state index in [9.17, 15) is 4.79 Å². The summed E-state index contributed by atoms with van der Waals surface area (Å²) < 4.78 is 10.5. The van der Waals surface area contributed by atoms with Crippen molar-refractivity contribution in [3.05, 3.63) is 64.7 Å². The van der Waals surface area contributed by atoms with Crippen LogP contribution in [0.25, 0.3) is 0 Å². The quantitative estimate of drug-likeness (QED) is 0.642. The van der Waals surface area contributed by atoms with Gasteiger partial charge in [0.15, 0.2) is 0 Å². The SMILES string of the molecule is CCOC(=O)NN=Cc1ccccc1OCc1ccccc1Cl. The smallest absolute Gasteiger partial charge is 0.427 e. The Morgan fingerprint density at radius 1 is 1.22 bits per heavy atom. The molecule has 1 amide bonds. The molecular formula is C17H17ClN2O3. The highest BCUT2D eigenvalue weighted by atomic mass is 35.5. The van der Waals surface area contributed by atoms with E-state index >= 15 is 0 Å². The highest BCUT2D eigenvalue weighted by Gasteiger charge is 2.04. The van der Waals surface area contributed by atoms with Crippen LogP contribution in [0.5, 0.6) is 5.75 Å². The van der Waals surface area contributed by atoms with Gasteiger partial charge in [0.05, 0.1) is 12.8 Å². The van der Waals surface area contributed by atoms with Crippen LogP contribution in [0, 0.1) is 0 Å². The van der Waals surface area contributed by atoms with Crippen molar-refractivity contribution in [1.82, 2.24) is 5.43 Å². The first kappa shape index (κ1) is 16.8. The van der Waals surface area contributed by atoms with E-state index in [1.54, 1.807) is 6.92 Å². The summed E-state index contributed by atoms with van der Waals surface area (Å²) >= 11 is 6.11. The number of hydrazone groups is 1. The molecule has 5 nitrogen and oxygen atoms in total. The standard InChI is InChI=1S/C17H17ClN2O3/c1-2-22-17(21)20-19-11-13-7-4-6-10-16(13)23-12-14-8-3-5-9-15(14)18/h3-11H,2,12H2,1H3,(H,20,21). The van der Waals surface area contributed by atoms with Crippen LogP contribution in [-0.2, 0) is 11.3 Å². The Balaban J connectivity index is 2.01. The molecule has 2 aromatic rings. The number of halogens is 1.